The summed E-state index contributed by atoms with van der Waals surface area (Å²) in [7, 11) is 0. The molecular formula is C18H17ClO6Pb. The number of ketones is 1. The monoisotopic (exact) mass is 572 g/mol. The van der Waals surface area contributed by atoms with Gasteiger partial charge in [0.2, 0.25) is 0 Å². The average molecular weight is 572 g/mol. The van der Waals surface area contributed by atoms with Crippen molar-refractivity contribution in [2.24, 2.45) is 0 Å². The van der Waals surface area contributed by atoms with Crippen molar-refractivity contribution < 1.29 is 29.3 Å². The number of benzene rings is 1. The number of fused-ring (bicyclic) bond motifs is 2. The third kappa shape index (κ3) is 4.66. The maximum Gasteiger partial charge on any atom is 0.342 e. The summed E-state index contributed by atoms with van der Waals surface area (Å²) in [6.07, 6.45) is 6.13. The number of hydrogen-bond donors (Lipinski definition) is 2. The second kappa shape index (κ2) is 8.53. The smallest absolute Gasteiger partial charge is 0.342 e. The Morgan fingerprint density at radius 1 is 1.19 bits per heavy atom. The first kappa shape index (κ1) is 20.9. The maximum absolute atomic E-state index is 12.5. The summed E-state index contributed by atoms with van der Waals surface area (Å²) in [5.74, 6) is -2.04. The second-order valence-electron chi connectivity index (χ2n) is 6.06. The molecule has 3 atom stereocenters. The molecule has 1 saturated heterocycles. The number of ether oxygens (including phenoxy) is 2. The van der Waals surface area contributed by atoms with E-state index in [1.807, 2.05) is 6.08 Å². The van der Waals surface area contributed by atoms with E-state index in [-0.39, 0.29) is 67.9 Å². The Balaban J connectivity index is 0.00000243. The van der Waals surface area contributed by atoms with E-state index in [1.165, 1.54) is 6.08 Å². The Hall–Kier alpha value is -1.39. The van der Waals surface area contributed by atoms with E-state index in [9.17, 15) is 19.8 Å². The molecule has 4 radical (unpaired) electrons. The third-order valence-electron chi connectivity index (χ3n) is 4.06. The zero-order valence-electron chi connectivity index (χ0n) is 13.9. The molecule has 0 aliphatic carbocycles. The fraction of sp³-hybridized carbons (Fsp3) is 0.333. The SMILES string of the molecule is CC1CC2OC2/C=C\C=C\C(=O)Cc2c(Cl)c(O)cc(O)c2C(=O)O1.[Pb]. The molecule has 2 N–H and O–H groups in total. The number of carbonyl (C=O) groups excluding carboxylic acids is 2. The molecule has 0 bridgehead atoms. The van der Waals surface area contributed by atoms with Crippen LogP contribution >= 0.6 is 11.6 Å². The summed E-state index contributed by atoms with van der Waals surface area (Å²) >= 11 is 6.05. The van der Waals surface area contributed by atoms with Gasteiger partial charge in [0.1, 0.15) is 29.3 Å². The number of cyclic esters (lactones) is 1. The van der Waals surface area contributed by atoms with Gasteiger partial charge in [-0.1, -0.05) is 29.8 Å². The van der Waals surface area contributed by atoms with E-state index < -0.39 is 23.6 Å². The molecule has 0 aromatic heterocycles. The van der Waals surface area contributed by atoms with Crippen LogP contribution in [0.15, 0.2) is 30.4 Å². The molecule has 1 fully saturated rings. The van der Waals surface area contributed by atoms with Crippen molar-refractivity contribution in [1.82, 2.24) is 0 Å². The number of hydrogen-bond acceptors (Lipinski definition) is 6. The molecule has 0 saturated carbocycles. The molecule has 1 aromatic carbocycles. The fourth-order valence-electron chi connectivity index (χ4n) is 2.78. The summed E-state index contributed by atoms with van der Waals surface area (Å²) in [5.41, 5.74) is -0.176. The minimum Gasteiger partial charge on any atom is -0.507 e. The molecule has 26 heavy (non-hydrogen) atoms. The van der Waals surface area contributed by atoms with E-state index in [1.54, 1.807) is 19.1 Å². The molecule has 136 valence electrons. The summed E-state index contributed by atoms with van der Waals surface area (Å²) in [6, 6.07) is 0.958. The second-order valence-corrected chi connectivity index (χ2v) is 6.44. The minimum absolute atomic E-state index is 0. The van der Waals surface area contributed by atoms with E-state index in [2.05, 4.69) is 0 Å². The summed E-state index contributed by atoms with van der Waals surface area (Å²) in [4.78, 5) is 24.6. The number of carbonyl (C=O) groups is 2. The Morgan fingerprint density at radius 3 is 2.65 bits per heavy atom. The molecule has 3 unspecified atom stereocenters. The van der Waals surface area contributed by atoms with Crippen LogP contribution in [0.3, 0.4) is 0 Å². The largest absolute Gasteiger partial charge is 0.507 e. The van der Waals surface area contributed by atoms with Crippen LogP contribution in [0.4, 0.5) is 0 Å². The van der Waals surface area contributed by atoms with Gasteiger partial charge in [0.05, 0.1) is 11.1 Å². The molecule has 6 nitrogen and oxygen atoms in total. The topological polar surface area (TPSA) is 96.4 Å². The summed E-state index contributed by atoms with van der Waals surface area (Å²) < 4.78 is 10.8. The van der Waals surface area contributed by atoms with Gasteiger partial charge in [0, 0.05) is 51.8 Å². The molecule has 2 aliphatic rings. The van der Waals surface area contributed by atoms with E-state index in [0.29, 0.717) is 6.42 Å². The van der Waals surface area contributed by atoms with Gasteiger partial charge in [0.25, 0.3) is 0 Å². The maximum atomic E-state index is 12.5. The molecule has 1 aromatic rings. The minimum atomic E-state index is -0.802. The fourth-order valence-corrected chi connectivity index (χ4v) is 3.00. The molecule has 8 heteroatoms. The van der Waals surface area contributed by atoms with Crippen LogP contribution in [0.25, 0.3) is 0 Å². The predicted molar refractivity (Wildman–Crippen MR) is 95.7 cm³/mol. The average Bonchev–Trinajstić information content (AvgIpc) is 3.25. The molecular weight excluding hydrogens is 555 g/mol. The van der Waals surface area contributed by atoms with Crippen molar-refractivity contribution in [3.63, 3.8) is 0 Å². The van der Waals surface area contributed by atoms with Gasteiger partial charge in [-0.15, -0.1) is 0 Å². The van der Waals surface area contributed by atoms with Crippen LogP contribution in [0.2, 0.25) is 5.02 Å². The zero-order valence-corrected chi connectivity index (χ0v) is 18.6. The van der Waals surface area contributed by atoms with Crippen LogP contribution in [-0.2, 0) is 20.7 Å². The van der Waals surface area contributed by atoms with E-state index >= 15 is 0 Å². The van der Waals surface area contributed by atoms with Crippen molar-refractivity contribution in [3.05, 3.63) is 46.5 Å². The standard InChI is InChI=1S/C18H17ClO6.Pb/c1-9-6-15-14(25-15)5-3-2-4-10(20)7-11-16(18(23)24-9)12(21)8-13(22)17(11)19;/h2-5,8-9,14-15,21-22H,6-7H2,1H3;/b4-2+,5-3-;. The van der Waals surface area contributed by atoms with Gasteiger partial charge >= 0.3 is 5.97 Å². The molecule has 3 rings (SSSR count). The Morgan fingerprint density at radius 2 is 1.92 bits per heavy atom. The molecule has 2 heterocycles. The van der Waals surface area contributed by atoms with Crippen molar-refractivity contribution >= 4 is 50.7 Å². The van der Waals surface area contributed by atoms with Crippen LogP contribution in [0.5, 0.6) is 11.5 Å². The van der Waals surface area contributed by atoms with Gasteiger partial charge < -0.3 is 19.7 Å². The Labute approximate surface area is 175 Å². The first-order valence-corrected chi connectivity index (χ1v) is 8.22. The molecule has 0 spiro atoms. The number of phenols is 2. The third-order valence-corrected chi connectivity index (χ3v) is 4.49. The predicted octanol–water partition coefficient (Wildman–Crippen LogP) is 2.31. The summed E-state index contributed by atoms with van der Waals surface area (Å²) in [5, 5.41) is 19.7. The van der Waals surface area contributed by atoms with E-state index in [4.69, 9.17) is 21.1 Å². The number of aromatic hydroxyl groups is 2. The van der Waals surface area contributed by atoms with E-state index in [0.717, 1.165) is 6.07 Å². The number of esters is 1. The first-order valence-electron chi connectivity index (χ1n) is 7.84. The van der Waals surface area contributed by atoms with Crippen LogP contribution < -0.4 is 0 Å². The normalized spacial score (nSPS) is 27.8. The number of phenolic OH excluding ortho intramolecular Hbond substituents is 2. The molecule has 2 aliphatic heterocycles. The number of allylic oxidation sites excluding steroid dienone is 3. The van der Waals surface area contributed by atoms with Gasteiger partial charge in [-0.3, -0.25) is 4.79 Å². The van der Waals surface area contributed by atoms with Crippen molar-refractivity contribution in [2.75, 3.05) is 0 Å². The summed E-state index contributed by atoms with van der Waals surface area (Å²) in [6.45, 7) is 1.72. The van der Waals surface area contributed by atoms with Crippen LogP contribution in [0, 0.1) is 0 Å². The molecule has 0 amide bonds. The van der Waals surface area contributed by atoms with Gasteiger partial charge in [-0.25, -0.2) is 4.79 Å². The Kier molecular flexibility index (Phi) is 6.87. The van der Waals surface area contributed by atoms with Gasteiger partial charge in [0.15, 0.2) is 5.78 Å². The van der Waals surface area contributed by atoms with Gasteiger partial charge in [-0.05, 0) is 13.0 Å². The Bertz CT molecular complexity index is 788. The van der Waals surface area contributed by atoms with Crippen molar-refractivity contribution in [1.29, 1.82) is 0 Å². The number of epoxide rings is 1. The first-order chi connectivity index (χ1) is 11.9. The zero-order chi connectivity index (χ0) is 18.1. The van der Waals surface area contributed by atoms with Gasteiger partial charge in [-0.2, -0.15) is 0 Å². The van der Waals surface area contributed by atoms with Crippen LogP contribution in [-0.4, -0.2) is 67.6 Å². The van der Waals surface area contributed by atoms with Crippen molar-refractivity contribution in [3.8, 4) is 11.5 Å². The number of rotatable bonds is 0. The van der Waals surface area contributed by atoms with Crippen molar-refractivity contribution in [2.45, 2.75) is 38.1 Å². The quantitative estimate of drug-likeness (QED) is 0.282. The van der Waals surface area contributed by atoms with Crippen LogP contribution in [0.1, 0.15) is 29.3 Å². The number of halogens is 1.